The molecule has 0 spiro atoms. The van der Waals surface area contributed by atoms with Crippen molar-refractivity contribution in [1.29, 1.82) is 0 Å². The molecule has 1 N–H and O–H groups in total. The largest absolute Gasteiger partial charge is 0.395 e. The van der Waals surface area contributed by atoms with Gasteiger partial charge < -0.3 is 5.11 Å². The Kier molecular flexibility index (Phi) is 2.79. The van der Waals surface area contributed by atoms with Gasteiger partial charge in [-0.05, 0) is 37.1 Å². The first kappa shape index (κ1) is 9.99. The molecule has 2 rings (SSSR count). The maximum Gasteiger partial charge on any atom is 0.123 e. The van der Waals surface area contributed by atoms with Crippen molar-refractivity contribution in [1.82, 2.24) is 0 Å². The Bertz CT molecular complexity index is 300. The van der Waals surface area contributed by atoms with E-state index < -0.39 is 0 Å². The number of hydrogen-bond donors (Lipinski definition) is 1. The normalized spacial score (nSPS) is 19.0. The van der Waals surface area contributed by atoms with Crippen LogP contribution in [0, 0.1) is 5.82 Å². The Balaban J connectivity index is 2.06. The number of aliphatic hydroxyl groups excluding tert-OH is 1. The minimum Gasteiger partial charge on any atom is -0.395 e. The molecular formula is C11H13FOS. The first-order chi connectivity index (χ1) is 6.74. The first-order valence-electron chi connectivity index (χ1n) is 4.80. The fraction of sp³-hybridized carbons (Fsp3) is 0.455. The molecule has 1 nitrogen and oxygen atoms in total. The fourth-order valence-corrected chi connectivity index (χ4v) is 2.95. The lowest BCUT2D eigenvalue weighted by Crippen LogP contribution is -2.37. The van der Waals surface area contributed by atoms with Crippen molar-refractivity contribution in [2.45, 2.75) is 28.9 Å². The van der Waals surface area contributed by atoms with E-state index in [-0.39, 0.29) is 17.2 Å². The highest BCUT2D eigenvalue weighted by Crippen LogP contribution is 2.47. The molecule has 0 atom stereocenters. The van der Waals surface area contributed by atoms with Crippen molar-refractivity contribution in [3.05, 3.63) is 30.1 Å². The number of benzene rings is 1. The molecule has 0 unspecified atom stereocenters. The lowest BCUT2D eigenvalue weighted by Gasteiger charge is -2.39. The highest BCUT2D eigenvalue weighted by atomic mass is 32.2. The predicted octanol–water partition coefficient (Wildman–Crippen LogP) is 2.83. The molecule has 0 bridgehead atoms. The summed E-state index contributed by atoms with van der Waals surface area (Å²) in [6.45, 7) is 0.217. The summed E-state index contributed by atoms with van der Waals surface area (Å²) in [5.41, 5.74) is 0. The van der Waals surface area contributed by atoms with Gasteiger partial charge in [-0.1, -0.05) is 6.42 Å². The van der Waals surface area contributed by atoms with Crippen LogP contribution in [0.15, 0.2) is 29.2 Å². The average molecular weight is 212 g/mol. The molecule has 0 saturated heterocycles. The lowest BCUT2D eigenvalue weighted by atomic mass is 9.85. The Morgan fingerprint density at radius 3 is 2.36 bits per heavy atom. The highest BCUT2D eigenvalue weighted by molar-refractivity contribution is 8.00. The van der Waals surface area contributed by atoms with Crippen LogP contribution in [0.1, 0.15) is 19.3 Å². The molecule has 0 radical (unpaired) electrons. The SMILES string of the molecule is OCC1(Sc2ccc(F)cc2)CCC1. The highest BCUT2D eigenvalue weighted by Gasteiger charge is 2.37. The van der Waals surface area contributed by atoms with Gasteiger partial charge in [-0.15, -0.1) is 11.8 Å². The van der Waals surface area contributed by atoms with Crippen molar-refractivity contribution in [3.63, 3.8) is 0 Å². The Hall–Kier alpha value is -0.540. The standard InChI is InChI=1S/C11H13FOS/c12-9-2-4-10(5-3-9)14-11(8-13)6-1-7-11/h2-5,13H,1,6-8H2. The van der Waals surface area contributed by atoms with E-state index in [0.29, 0.717) is 0 Å². The third kappa shape index (κ3) is 1.93. The summed E-state index contributed by atoms with van der Waals surface area (Å²) in [6, 6.07) is 6.48. The van der Waals surface area contributed by atoms with Crippen LogP contribution >= 0.6 is 11.8 Å². The Labute approximate surface area is 87.3 Å². The van der Waals surface area contributed by atoms with Gasteiger partial charge in [-0.2, -0.15) is 0 Å². The summed E-state index contributed by atoms with van der Waals surface area (Å²) in [6.07, 6.45) is 3.31. The first-order valence-corrected chi connectivity index (χ1v) is 5.61. The summed E-state index contributed by atoms with van der Waals surface area (Å²) in [7, 11) is 0. The maximum absolute atomic E-state index is 12.6. The molecule has 76 valence electrons. The van der Waals surface area contributed by atoms with Crippen LogP contribution in [-0.2, 0) is 0 Å². The Morgan fingerprint density at radius 2 is 1.93 bits per heavy atom. The van der Waals surface area contributed by atoms with E-state index in [1.165, 1.54) is 18.6 Å². The van der Waals surface area contributed by atoms with Gasteiger partial charge in [-0.25, -0.2) is 4.39 Å². The minimum atomic E-state index is -0.207. The molecule has 1 aromatic rings. The van der Waals surface area contributed by atoms with Crippen LogP contribution in [0.2, 0.25) is 0 Å². The summed E-state index contributed by atoms with van der Waals surface area (Å²) < 4.78 is 12.7. The number of rotatable bonds is 3. The van der Waals surface area contributed by atoms with E-state index in [4.69, 9.17) is 0 Å². The third-order valence-corrected chi connectivity index (χ3v) is 4.18. The molecule has 14 heavy (non-hydrogen) atoms. The zero-order chi connectivity index (χ0) is 10.0. The monoisotopic (exact) mass is 212 g/mol. The number of aliphatic hydroxyl groups is 1. The topological polar surface area (TPSA) is 20.2 Å². The molecule has 1 aliphatic carbocycles. The van der Waals surface area contributed by atoms with Crippen molar-refractivity contribution < 1.29 is 9.50 Å². The average Bonchev–Trinajstić information content (AvgIpc) is 2.15. The molecular weight excluding hydrogens is 199 g/mol. The van der Waals surface area contributed by atoms with Crippen LogP contribution in [-0.4, -0.2) is 16.5 Å². The maximum atomic E-state index is 12.6. The summed E-state index contributed by atoms with van der Waals surface area (Å²) >= 11 is 1.67. The van der Waals surface area contributed by atoms with Gasteiger partial charge in [0.2, 0.25) is 0 Å². The van der Waals surface area contributed by atoms with E-state index in [0.717, 1.165) is 17.7 Å². The molecule has 1 fully saturated rings. The Morgan fingerprint density at radius 1 is 1.29 bits per heavy atom. The zero-order valence-corrected chi connectivity index (χ0v) is 8.69. The van der Waals surface area contributed by atoms with E-state index in [2.05, 4.69) is 0 Å². The lowest BCUT2D eigenvalue weighted by molar-refractivity contribution is 0.191. The molecule has 0 aliphatic heterocycles. The molecule has 0 aromatic heterocycles. The van der Waals surface area contributed by atoms with Gasteiger partial charge in [0.15, 0.2) is 0 Å². The van der Waals surface area contributed by atoms with Gasteiger partial charge in [0.05, 0.1) is 6.61 Å². The van der Waals surface area contributed by atoms with Gasteiger partial charge >= 0.3 is 0 Å². The third-order valence-electron chi connectivity index (χ3n) is 2.70. The van der Waals surface area contributed by atoms with E-state index in [9.17, 15) is 9.50 Å². The van der Waals surface area contributed by atoms with Crippen LogP contribution in [0.5, 0.6) is 0 Å². The predicted molar refractivity (Wildman–Crippen MR) is 55.9 cm³/mol. The molecule has 1 aliphatic rings. The molecule has 1 aromatic carbocycles. The summed E-state index contributed by atoms with van der Waals surface area (Å²) in [5.74, 6) is -0.207. The number of thioether (sulfide) groups is 1. The van der Waals surface area contributed by atoms with Crippen molar-refractivity contribution in [2.75, 3.05) is 6.61 Å². The van der Waals surface area contributed by atoms with Crippen LogP contribution in [0.3, 0.4) is 0 Å². The number of hydrogen-bond acceptors (Lipinski definition) is 2. The van der Waals surface area contributed by atoms with Gasteiger partial charge in [0.25, 0.3) is 0 Å². The van der Waals surface area contributed by atoms with E-state index >= 15 is 0 Å². The minimum absolute atomic E-state index is 0.0117. The second-order valence-corrected chi connectivity index (χ2v) is 5.29. The smallest absolute Gasteiger partial charge is 0.123 e. The zero-order valence-electron chi connectivity index (χ0n) is 7.87. The van der Waals surface area contributed by atoms with Gasteiger partial charge in [0.1, 0.15) is 5.82 Å². The summed E-state index contributed by atoms with van der Waals surface area (Å²) in [4.78, 5) is 1.04. The van der Waals surface area contributed by atoms with Crippen LogP contribution in [0.25, 0.3) is 0 Å². The quantitative estimate of drug-likeness (QED) is 0.831. The molecule has 3 heteroatoms. The molecule has 1 saturated carbocycles. The van der Waals surface area contributed by atoms with Crippen LogP contribution in [0.4, 0.5) is 4.39 Å². The molecule has 0 heterocycles. The van der Waals surface area contributed by atoms with Gasteiger partial charge in [0, 0.05) is 9.64 Å². The summed E-state index contributed by atoms with van der Waals surface area (Å²) in [5, 5.41) is 9.26. The van der Waals surface area contributed by atoms with Crippen molar-refractivity contribution >= 4 is 11.8 Å². The van der Waals surface area contributed by atoms with Crippen molar-refractivity contribution in [2.24, 2.45) is 0 Å². The van der Waals surface area contributed by atoms with Gasteiger partial charge in [-0.3, -0.25) is 0 Å². The van der Waals surface area contributed by atoms with Crippen molar-refractivity contribution in [3.8, 4) is 0 Å². The second kappa shape index (κ2) is 3.91. The van der Waals surface area contributed by atoms with E-state index in [1.807, 2.05) is 0 Å². The fourth-order valence-electron chi connectivity index (χ4n) is 1.62. The molecule has 0 amide bonds. The second-order valence-electron chi connectivity index (χ2n) is 3.75. The van der Waals surface area contributed by atoms with E-state index in [1.54, 1.807) is 23.9 Å². The number of halogens is 1. The van der Waals surface area contributed by atoms with Crippen LogP contribution < -0.4 is 0 Å².